The van der Waals surface area contributed by atoms with Crippen molar-refractivity contribution in [3.8, 4) is 0 Å². The predicted molar refractivity (Wildman–Crippen MR) is 167 cm³/mol. The van der Waals surface area contributed by atoms with Gasteiger partial charge in [-0.3, -0.25) is 10.2 Å². The summed E-state index contributed by atoms with van der Waals surface area (Å²) in [5.41, 5.74) is 3.98. The highest BCUT2D eigenvalue weighted by Gasteiger charge is 2.30. The number of hydrazine groups is 1. The Hall–Kier alpha value is -1.11. The van der Waals surface area contributed by atoms with E-state index in [1.165, 1.54) is 82.1 Å². The van der Waals surface area contributed by atoms with Gasteiger partial charge < -0.3 is 0 Å². The van der Waals surface area contributed by atoms with Gasteiger partial charge in [0.1, 0.15) is 11.5 Å². The fourth-order valence-electron chi connectivity index (χ4n) is 4.39. The van der Waals surface area contributed by atoms with Crippen LogP contribution in [-0.2, 0) is 4.79 Å². The number of benzene rings is 2. The molecule has 1 N–H and O–H groups in total. The van der Waals surface area contributed by atoms with E-state index >= 15 is 0 Å². The number of carbonyl (C=O) groups excluding carboxylic acids is 1. The molecule has 2 aromatic carbocycles. The van der Waals surface area contributed by atoms with Crippen LogP contribution in [0.3, 0.4) is 0 Å². The molecular weight excluding hydrogens is 580 g/mol. The van der Waals surface area contributed by atoms with Crippen LogP contribution in [-0.4, -0.2) is 17.5 Å². The third kappa shape index (κ3) is 10.1. The number of halogens is 4. The lowest BCUT2D eigenvalue weighted by atomic mass is 10.1. The van der Waals surface area contributed by atoms with Crippen LogP contribution in [0.25, 0.3) is 0 Å². The molecule has 208 valence electrons. The van der Waals surface area contributed by atoms with Crippen LogP contribution in [0, 0.1) is 0 Å². The Morgan fingerprint density at radius 2 is 1.39 bits per heavy atom. The van der Waals surface area contributed by atoms with Crippen molar-refractivity contribution in [2.75, 3.05) is 10.8 Å². The number of unbranched alkanes of at least 4 members (excludes halogenated alkanes) is 11. The van der Waals surface area contributed by atoms with Gasteiger partial charge in [0.2, 0.25) is 0 Å². The van der Waals surface area contributed by atoms with E-state index in [-0.39, 0.29) is 22.4 Å². The van der Waals surface area contributed by atoms with E-state index in [0.717, 1.165) is 10.6 Å². The Morgan fingerprint density at radius 3 is 2.00 bits per heavy atom. The van der Waals surface area contributed by atoms with Crippen molar-refractivity contribution in [2.45, 2.75) is 95.3 Å². The molecule has 38 heavy (non-hydrogen) atoms. The first kappa shape index (κ1) is 31.4. The fourth-order valence-corrected chi connectivity index (χ4v) is 6.48. The van der Waals surface area contributed by atoms with Crippen LogP contribution in [0.4, 0.5) is 11.4 Å². The first-order valence-corrected chi connectivity index (χ1v) is 16.1. The van der Waals surface area contributed by atoms with Crippen molar-refractivity contribution in [1.29, 1.82) is 0 Å². The molecular formula is C29H37Cl4N3OS. The molecule has 0 aliphatic carbocycles. The molecule has 0 atom stereocenters. The molecule has 9 heteroatoms. The Kier molecular flexibility index (Phi) is 13.9. The fraction of sp³-hybridized carbons (Fsp3) is 0.517. The van der Waals surface area contributed by atoms with Crippen LogP contribution in [0.2, 0.25) is 20.1 Å². The van der Waals surface area contributed by atoms with Gasteiger partial charge in [-0.1, -0.05) is 124 Å². The number of amides is 1. The van der Waals surface area contributed by atoms with Gasteiger partial charge >= 0.3 is 0 Å². The van der Waals surface area contributed by atoms with E-state index in [1.807, 2.05) is 30.0 Å². The SMILES string of the molecule is CCCCCCCCCCCCCCSc1ccc(Cl)c(N=C2CC(=O)N(c3c(Cl)cc(Cl)cc3Cl)N2)c1. The van der Waals surface area contributed by atoms with Crippen molar-refractivity contribution in [3.05, 3.63) is 50.4 Å². The average molecular weight is 618 g/mol. The molecule has 0 saturated carbocycles. The quantitative estimate of drug-likeness (QED) is 0.151. The highest BCUT2D eigenvalue weighted by atomic mass is 35.5. The Morgan fingerprint density at radius 1 is 0.816 bits per heavy atom. The summed E-state index contributed by atoms with van der Waals surface area (Å²) in [5, 5.41) is 2.79. The lowest BCUT2D eigenvalue weighted by Crippen LogP contribution is -2.36. The molecule has 0 spiro atoms. The number of nitrogens with zero attached hydrogens (tertiary/aromatic N) is 2. The number of nitrogens with one attached hydrogen (secondary N) is 1. The zero-order valence-electron chi connectivity index (χ0n) is 22.0. The Balaban J connectivity index is 1.42. The van der Waals surface area contributed by atoms with E-state index < -0.39 is 0 Å². The lowest BCUT2D eigenvalue weighted by Gasteiger charge is -2.19. The number of rotatable bonds is 16. The number of aliphatic imine (C=N–C) groups is 1. The monoisotopic (exact) mass is 615 g/mol. The number of hydrogen-bond acceptors (Lipinski definition) is 3. The van der Waals surface area contributed by atoms with E-state index in [1.54, 1.807) is 12.1 Å². The van der Waals surface area contributed by atoms with Gasteiger partial charge in [-0.2, -0.15) is 0 Å². The Labute approximate surface area is 251 Å². The minimum Gasteiger partial charge on any atom is -0.277 e. The topological polar surface area (TPSA) is 44.7 Å². The van der Waals surface area contributed by atoms with Crippen LogP contribution in [0.15, 0.2) is 40.2 Å². The summed E-state index contributed by atoms with van der Waals surface area (Å²) < 4.78 is 0. The first-order valence-electron chi connectivity index (χ1n) is 13.6. The molecule has 0 bridgehead atoms. The van der Waals surface area contributed by atoms with Crippen LogP contribution < -0.4 is 10.4 Å². The van der Waals surface area contributed by atoms with Crippen LogP contribution >= 0.6 is 58.2 Å². The molecule has 1 fully saturated rings. The zero-order valence-corrected chi connectivity index (χ0v) is 25.8. The molecule has 2 aromatic rings. The molecule has 1 amide bonds. The third-order valence-electron chi connectivity index (χ3n) is 6.45. The molecule has 0 aromatic heterocycles. The van der Waals surface area contributed by atoms with Crippen molar-refractivity contribution in [1.82, 2.24) is 5.43 Å². The van der Waals surface area contributed by atoms with Crippen LogP contribution in [0.1, 0.15) is 90.4 Å². The van der Waals surface area contributed by atoms with E-state index in [0.29, 0.717) is 27.3 Å². The molecule has 0 unspecified atom stereocenters. The van der Waals surface area contributed by atoms with Gasteiger partial charge in [0.15, 0.2) is 0 Å². The summed E-state index contributed by atoms with van der Waals surface area (Å²) >= 11 is 26.8. The summed E-state index contributed by atoms with van der Waals surface area (Å²) in [5.74, 6) is 1.32. The maximum Gasteiger partial charge on any atom is 0.253 e. The number of hydrogen-bond donors (Lipinski definition) is 1. The maximum absolute atomic E-state index is 12.7. The maximum atomic E-state index is 12.7. The predicted octanol–water partition coefficient (Wildman–Crippen LogP) is 11.1. The summed E-state index contributed by atoms with van der Waals surface area (Å²) in [6.45, 7) is 2.27. The molecule has 1 saturated heterocycles. The molecule has 1 aliphatic rings. The summed E-state index contributed by atoms with van der Waals surface area (Å²) in [4.78, 5) is 18.4. The number of amidine groups is 1. The highest BCUT2D eigenvalue weighted by molar-refractivity contribution is 7.99. The largest absolute Gasteiger partial charge is 0.277 e. The molecule has 0 radical (unpaired) electrons. The third-order valence-corrected chi connectivity index (χ3v) is 8.65. The molecule has 3 rings (SSSR count). The second-order valence-electron chi connectivity index (χ2n) is 9.65. The first-order chi connectivity index (χ1) is 18.4. The second kappa shape index (κ2) is 16.9. The summed E-state index contributed by atoms with van der Waals surface area (Å²) in [6.07, 6.45) is 16.3. The van der Waals surface area contributed by atoms with Crippen molar-refractivity contribution in [3.63, 3.8) is 0 Å². The number of anilines is 1. The van der Waals surface area contributed by atoms with E-state index in [4.69, 9.17) is 46.4 Å². The minimum absolute atomic E-state index is 0.0852. The van der Waals surface area contributed by atoms with Crippen LogP contribution in [0.5, 0.6) is 0 Å². The smallest absolute Gasteiger partial charge is 0.253 e. The van der Waals surface area contributed by atoms with Crippen molar-refractivity contribution < 1.29 is 4.79 Å². The van der Waals surface area contributed by atoms with Gasteiger partial charge in [0.25, 0.3) is 5.91 Å². The molecule has 1 aliphatic heterocycles. The van der Waals surface area contributed by atoms with Gasteiger partial charge in [0.05, 0.1) is 27.2 Å². The summed E-state index contributed by atoms with van der Waals surface area (Å²) in [7, 11) is 0. The number of thioether (sulfide) groups is 1. The Bertz CT molecular complexity index is 1070. The summed E-state index contributed by atoms with van der Waals surface area (Å²) in [6, 6.07) is 8.93. The number of carbonyl (C=O) groups is 1. The van der Waals surface area contributed by atoms with E-state index in [9.17, 15) is 4.79 Å². The van der Waals surface area contributed by atoms with Gasteiger partial charge in [0, 0.05) is 9.92 Å². The normalized spacial score (nSPS) is 14.5. The standard InChI is InChI=1S/C29H37Cl4N3OS/c1-2-3-4-5-6-7-8-9-10-11-12-13-16-38-22-14-15-23(31)26(19-22)34-27-20-28(37)36(35-27)29-24(32)17-21(30)18-25(29)33/h14-15,17-19H,2-13,16,20H2,1H3,(H,34,35). The molecule has 4 nitrogen and oxygen atoms in total. The van der Waals surface area contributed by atoms with Crippen molar-refractivity contribution >= 4 is 81.3 Å². The average Bonchev–Trinajstić information content (AvgIpc) is 3.22. The second-order valence-corrected chi connectivity index (χ2v) is 12.5. The van der Waals surface area contributed by atoms with Gasteiger partial charge in [-0.15, -0.1) is 11.8 Å². The van der Waals surface area contributed by atoms with E-state index in [2.05, 4.69) is 17.3 Å². The molecule has 1 heterocycles. The minimum atomic E-state index is -0.219. The van der Waals surface area contributed by atoms with Gasteiger partial charge in [-0.25, -0.2) is 10.0 Å². The highest BCUT2D eigenvalue weighted by Crippen LogP contribution is 2.38. The lowest BCUT2D eigenvalue weighted by molar-refractivity contribution is -0.116. The van der Waals surface area contributed by atoms with Gasteiger partial charge in [-0.05, 0) is 42.5 Å². The van der Waals surface area contributed by atoms with Crippen molar-refractivity contribution in [2.24, 2.45) is 4.99 Å². The zero-order chi connectivity index (χ0) is 27.3.